The first-order valence-electron chi connectivity index (χ1n) is 19.1. The Bertz CT molecular complexity index is 3700. The van der Waals surface area contributed by atoms with Crippen LogP contribution in [0.1, 0.15) is 0 Å². The molecule has 0 fully saturated rings. The number of benzene rings is 8. The van der Waals surface area contributed by atoms with Crippen molar-refractivity contribution >= 4 is 87.8 Å². The largest absolute Gasteiger partial charge is 0.456 e. The van der Waals surface area contributed by atoms with Gasteiger partial charge < -0.3 is 17.7 Å². The summed E-state index contributed by atoms with van der Waals surface area (Å²) in [6.45, 7) is 0. The number of aromatic nitrogens is 3. The van der Waals surface area contributed by atoms with Crippen molar-refractivity contribution in [1.82, 2.24) is 15.0 Å². The Labute approximate surface area is 328 Å². The normalized spacial score (nSPS) is 12.1. The first kappa shape index (κ1) is 31.2. The summed E-state index contributed by atoms with van der Waals surface area (Å²) in [6.07, 6.45) is 0. The molecule has 0 saturated carbocycles. The van der Waals surface area contributed by atoms with Crippen LogP contribution in [0.15, 0.2) is 181 Å². The van der Waals surface area contributed by atoms with E-state index in [0.717, 1.165) is 116 Å². The molecule has 0 atom stereocenters. The van der Waals surface area contributed by atoms with Crippen molar-refractivity contribution in [3.8, 4) is 45.3 Å². The zero-order valence-electron chi connectivity index (χ0n) is 30.6. The molecule has 0 radical (unpaired) electrons. The van der Waals surface area contributed by atoms with Gasteiger partial charge in [0, 0.05) is 59.8 Å². The van der Waals surface area contributed by atoms with Gasteiger partial charge in [0.25, 0.3) is 0 Å². The van der Waals surface area contributed by atoms with E-state index in [0.29, 0.717) is 17.5 Å². The maximum Gasteiger partial charge on any atom is 0.164 e. The van der Waals surface area contributed by atoms with Crippen LogP contribution < -0.4 is 0 Å². The standard InChI is InChI=1S/C51H27N3O4/c1-4-13-41-33(10-1)36-19-16-31(24-45(36)55-41)50-52-49(53-51(54-50)32-17-20-37-34-11-2-5-14-42(34)56-46(37)25-32)30-9-7-8-28(22-30)29-18-21-44-38(23-29)40-27-47-39(26-48(40)58-44)35-12-3-6-15-43(35)57-47/h1-27H. The van der Waals surface area contributed by atoms with Gasteiger partial charge in [-0.1, -0.05) is 91.0 Å². The van der Waals surface area contributed by atoms with Gasteiger partial charge in [-0.2, -0.15) is 0 Å². The third kappa shape index (κ3) is 4.71. The number of para-hydroxylation sites is 3. The quantitative estimate of drug-likeness (QED) is 0.177. The molecular formula is C51H27N3O4. The Balaban J connectivity index is 0.957. The Morgan fingerprint density at radius 2 is 0.586 bits per heavy atom. The summed E-state index contributed by atoms with van der Waals surface area (Å²) >= 11 is 0. The highest BCUT2D eigenvalue weighted by molar-refractivity contribution is 6.15. The van der Waals surface area contributed by atoms with Gasteiger partial charge in [-0.15, -0.1) is 0 Å². The van der Waals surface area contributed by atoms with Crippen LogP contribution in [-0.2, 0) is 0 Å². The van der Waals surface area contributed by atoms with Crippen LogP contribution >= 0.6 is 0 Å². The summed E-state index contributed by atoms with van der Waals surface area (Å²) in [6, 6.07) is 55.4. The number of fused-ring (bicyclic) bond motifs is 12. The van der Waals surface area contributed by atoms with Crippen LogP contribution in [0.3, 0.4) is 0 Å². The molecule has 0 spiro atoms. The monoisotopic (exact) mass is 745 g/mol. The predicted molar refractivity (Wildman–Crippen MR) is 231 cm³/mol. The van der Waals surface area contributed by atoms with E-state index < -0.39 is 0 Å². The molecule has 0 amide bonds. The zero-order chi connectivity index (χ0) is 37.9. The lowest BCUT2D eigenvalue weighted by molar-refractivity contribution is 0.664. The Kier molecular flexibility index (Phi) is 6.32. The highest BCUT2D eigenvalue weighted by Gasteiger charge is 2.18. The molecule has 0 aliphatic rings. The molecular weight excluding hydrogens is 719 g/mol. The molecule has 0 bridgehead atoms. The van der Waals surface area contributed by atoms with E-state index in [4.69, 9.17) is 32.6 Å². The lowest BCUT2D eigenvalue weighted by Gasteiger charge is -2.10. The number of hydrogen-bond donors (Lipinski definition) is 0. The molecule has 5 aromatic heterocycles. The second-order valence-electron chi connectivity index (χ2n) is 14.8. The first-order valence-corrected chi connectivity index (χ1v) is 19.1. The van der Waals surface area contributed by atoms with Gasteiger partial charge >= 0.3 is 0 Å². The molecule has 13 aromatic rings. The minimum atomic E-state index is 0.542. The maximum absolute atomic E-state index is 6.38. The number of hydrogen-bond acceptors (Lipinski definition) is 7. The van der Waals surface area contributed by atoms with Crippen molar-refractivity contribution in [1.29, 1.82) is 0 Å². The van der Waals surface area contributed by atoms with Crippen molar-refractivity contribution in [2.75, 3.05) is 0 Å². The number of nitrogens with zero attached hydrogens (tertiary/aromatic N) is 3. The van der Waals surface area contributed by atoms with Gasteiger partial charge in [0.2, 0.25) is 0 Å². The van der Waals surface area contributed by atoms with Crippen molar-refractivity contribution < 1.29 is 17.7 Å². The topological polar surface area (TPSA) is 91.2 Å². The lowest BCUT2D eigenvalue weighted by atomic mass is 10.00. The third-order valence-electron chi connectivity index (χ3n) is 11.3. The van der Waals surface area contributed by atoms with E-state index in [1.807, 2.05) is 84.9 Å². The van der Waals surface area contributed by atoms with E-state index in [1.54, 1.807) is 0 Å². The molecule has 7 heteroatoms. The Morgan fingerprint density at radius 1 is 0.224 bits per heavy atom. The second-order valence-corrected chi connectivity index (χ2v) is 14.8. The Morgan fingerprint density at radius 3 is 1.14 bits per heavy atom. The minimum Gasteiger partial charge on any atom is -0.456 e. The fraction of sp³-hybridized carbons (Fsp3) is 0. The van der Waals surface area contributed by atoms with Crippen molar-refractivity contribution in [3.63, 3.8) is 0 Å². The molecule has 7 nitrogen and oxygen atoms in total. The summed E-state index contributed by atoms with van der Waals surface area (Å²) in [4.78, 5) is 15.3. The molecule has 58 heavy (non-hydrogen) atoms. The van der Waals surface area contributed by atoms with Crippen LogP contribution in [0.4, 0.5) is 0 Å². The van der Waals surface area contributed by atoms with Crippen LogP contribution in [-0.4, -0.2) is 15.0 Å². The summed E-state index contributed by atoms with van der Waals surface area (Å²) in [5.41, 5.74) is 11.2. The molecule has 0 saturated heterocycles. The summed E-state index contributed by atoms with van der Waals surface area (Å²) in [5.74, 6) is 1.64. The number of furan rings is 4. The van der Waals surface area contributed by atoms with E-state index in [1.165, 1.54) is 0 Å². The molecule has 0 unspecified atom stereocenters. The van der Waals surface area contributed by atoms with Gasteiger partial charge in [0.05, 0.1) is 0 Å². The fourth-order valence-electron chi connectivity index (χ4n) is 8.50. The zero-order valence-corrected chi connectivity index (χ0v) is 30.6. The van der Waals surface area contributed by atoms with E-state index in [2.05, 4.69) is 78.9 Å². The average molecular weight is 746 g/mol. The van der Waals surface area contributed by atoms with Gasteiger partial charge in [-0.25, -0.2) is 15.0 Å². The third-order valence-corrected chi connectivity index (χ3v) is 11.3. The van der Waals surface area contributed by atoms with E-state index in [9.17, 15) is 0 Å². The van der Waals surface area contributed by atoms with Gasteiger partial charge in [0.1, 0.15) is 44.7 Å². The SMILES string of the molecule is c1cc(-c2ccc3oc4cc5c(cc4c3c2)oc2ccccc25)cc(-c2nc(-c3ccc4c(c3)oc3ccccc34)nc(-c3ccc4c(c3)oc3ccccc34)n2)c1. The lowest BCUT2D eigenvalue weighted by Crippen LogP contribution is -2.00. The molecule has 8 aromatic carbocycles. The first-order chi connectivity index (χ1) is 28.7. The molecule has 0 aliphatic heterocycles. The molecule has 13 rings (SSSR count). The second kappa shape index (κ2) is 11.7. The summed E-state index contributed by atoms with van der Waals surface area (Å²) in [5, 5.41) is 8.37. The van der Waals surface area contributed by atoms with Crippen LogP contribution in [0, 0.1) is 0 Å². The Hall–Kier alpha value is -8.03. The minimum absolute atomic E-state index is 0.542. The molecule has 270 valence electrons. The fourth-order valence-corrected chi connectivity index (χ4v) is 8.50. The molecule has 0 N–H and O–H groups in total. The van der Waals surface area contributed by atoms with E-state index >= 15 is 0 Å². The van der Waals surface area contributed by atoms with E-state index in [-0.39, 0.29) is 0 Å². The molecule has 0 aliphatic carbocycles. The number of rotatable bonds is 4. The predicted octanol–water partition coefficient (Wildman–Crippen LogP) is 14.1. The smallest absolute Gasteiger partial charge is 0.164 e. The highest BCUT2D eigenvalue weighted by Crippen LogP contribution is 2.39. The van der Waals surface area contributed by atoms with Gasteiger partial charge in [0.15, 0.2) is 17.5 Å². The summed E-state index contributed by atoms with van der Waals surface area (Å²) in [7, 11) is 0. The van der Waals surface area contributed by atoms with Crippen LogP contribution in [0.25, 0.3) is 133 Å². The van der Waals surface area contributed by atoms with Gasteiger partial charge in [-0.05, 0) is 83.9 Å². The van der Waals surface area contributed by atoms with Crippen molar-refractivity contribution in [3.05, 3.63) is 164 Å². The van der Waals surface area contributed by atoms with Crippen molar-refractivity contribution in [2.24, 2.45) is 0 Å². The van der Waals surface area contributed by atoms with Crippen molar-refractivity contribution in [2.45, 2.75) is 0 Å². The van der Waals surface area contributed by atoms with Crippen LogP contribution in [0.2, 0.25) is 0 Å². The van der Waals surface area contributed by atoms with Gasteiger partial charge in [-0.3, -0.25) is 0 Å². The highest BCUT2D eigenvalue weighted by atomic mass is 16.3. The average Bonchev–Trinajstić information content (AvgIpc) is 4.04. The van der Waals surface area contributed by atoms with Crippen LogP contribution in [0.5, 0.6) is 0 Å². The maximum atomic E-state index is 6.38. The molecule has 5 heterocycles. The summed E-state index contributed by atoms with van der Waals surface area (Å²) < 4.78 is 25.2.